The molecule has 0 aromatic heterocycles. The molecule has 0 saturated carbocycles. The Morgan fingerprint density at radius 3 is 2.87 bits per heavy atom. The van der Waals surface area contributed by atoms with Crippen molar-refractivity contribution < 1.29 is 9.47 Å². The van der Waals surface area contributed by atoms with E-state index in [1.807, 2.05) is 6.07 Å². The molecule has 15 heavy (non-hydrogen) atoms. The van der Waals surface area contributed by atoms with Crippen LogP contribution in [-0.2, 0) is 6.42 Å². The first-order valence-corrected chi connectivity index (χ1v) is 5.37. The summed E-state index contributed by atoms with van der Waals surface area (Å²) in [6.07, 6.45) is 1.02. The third-order valence-electron chi connectivity index (χ3n) is 2.40. The minimum atomic E-state index is 0.350. The molecule has 0 spiro atoms. The second kappa shape index (κ2) is 4.53. The van der Waals surface area contributed by atoms with Gasteiger partial charge in [-0.1, -0.05) is 19.9 Å². The predicted octanol–water partition coefficient (Wildman–Crippen LogP) is 1.96. The van der Waals surface area contributed by atoms with E-state index in [-0.39, 0.29) is 0 Å². The second-order valence-corrected chi connectivity index (χ2v) is 4.05. The van der Waals surface area contributed by atoms with Crippen LogP contribution in [0.2, 0.25) is 0 Å². The second-order valence-electron chi connectivity index (χ2n) is 4.05. The molecule has 0 atom stereocenters. The molecule has 1 aromatic carbocycles. The van der Waals surface area contributed by atoms with Gasteiger partial charge in [-0.25, -0.2) is 0 Å². The molecule has 0 bridgehead atoms. The Balaban J connectivity index is 1.92. The highest BCUT2D eigenvalue weighted by Gasteiger charge is 2.12. The van der Waals surface area contributed by atoms with Crippen molar-refractivity contribution in [3.63, 3.8) is 0 Å². The number of hydrogen-bond acceptors (Lipinski definition) is 3. The predicted molar refractivity (Wildman–Crippen MR) is 59.4 cm³/mol. The molecule has 1 N–H and O–H groups in total. The van der Waals surface area contributed by atoms with Crippen molar-refractivity contribution >= 4 is 0 Å². The van der Waals surface area contributed by atoms with Crippen LogP contribution in [0.4, 0.5) is 0 Å². The highest BCUT2D eigenvalue weighted by atomic mass is 16.7. The number of hydrogen-bond donors (Lipinski definition) is 1. The van der Waals surface area contributed by atoms with E-state index in [2.05, 4.69) is 31.3 Å². The third kappa shape index (κ3) is 2.63. The minimum Gasteiger partial charge on any atom is -0.454 e. The summed E-state index contributed by atoms with van der Waals surface area (Å²) in [5, 5.41) is 3.39. The van der Waals surface area contributed by atoms with Gasteiger partial charge in [0.15, 0.2) is 11.5 Å². The largest absolute Gasteiger partial charge is 0.454 e. The number of fused-ring (bicyclic) bond motifs is 1. The summed E-state index contributed by atoms with van der Waals surface area (Å²) in [5.74, 6) is 1.73. The summed E-state index contributed by atoms with van der Waals surface area (Å²) in [7, 11) is 0. The van der Waals surface area contributed by atoms with E-state index in [1.54, 1.807) is 0 Å². The van der Waals surface area contributed by atoms with Gasteiger partial charge in [0, 0.05) is 6.04 Å². The molecule has 0 aliphatic carbocycles. The van der Waals surface area contributed by atoms with Gasteiger partial charge in [0.2, 0.25) is 6.79 Å². The number of benzene rings is 1. The van der Waals surface area contributed by atoms with Gasteiger partial charge in [-0.05, 0) is 30.7 Å². The molecule has 1 aromatic rings. The fourth-order valence-electron chi connectivity index (χ4n) is 1.60. The molecule has 3 heteroatoms. The van der Waals surface area contributed by atoms with E-state index in [9.17, 15) is 0 Å². The summed E-state index contributed by atoms with van der Waals surface area (Å²) in [6.45, 7) is 5.65. The van der Waals surface area contributed by atoms with Crippen molar-refractivity contribution in [3.8, 4) is 11.5 Å². The Hall–Kier alpha value is -1.22. The van der Waals surface area contributed by atoms with E-state index in [0.717, 1.165) is 24.5 Å². The Morgan fingerprint density at radius 2 is 2.07 bits per heavy atom. The minimum absolute atomic E-state index is 0.350. The maximum atomic E-state index is 5.32. The quantitative estimate of drug-likeness (QED) is 0.818. The Labute approximate surface area is 90.4 Å². The lowest BCUT2D eigenvalue weighted by Gasteiger charge is -2.08. The molecule has 3 nitrogen and oxygen atoms in total. The molecule has 0 radical (unpaired) electrons. The Morgan fingerprint density at radius 1 is 1.27 bits per heavy atom. The molecule has 1 aliphatic heterocycles. The van der Waals surface area contributed by atoms with Crippen LogP contribution in [0.15, 0.2) is 18.2 Å². The van der Waals surface area contributed by atoms with E-state index >= 15 is 0 Å². The number of nitrogens with one attached hydrogen (secondary N) is 1. The van der Waals surface area contributed by atoms with Crippen molar-refractivity contribution in [1.82, 2.24) is 5.32 Å². The van der Waals surface area contributed by atoms with Gasteiger partial charge in [0.25, 0.3) is 0 Å². The average molecular weight is 207 g/mol. The monoisotopic (exact) mass is 207 g/mol. The lowest BCUT2D eigenvalue weighted by atomic mass is 10.1. The van der Waals surface area contributed by atoms with Crippen molar-refractivity contribution in [2.45, 2.75) is 26.3 Å². The first-order valence-electron chi connectivity index (χ1n) is 5.37. The normalized spacial score (nSPS) is 13.5. The van der Waals surface area contributed by atoms with Gasteiger partial charge < -0.3 is 14.8 Å². The van der Waals surface area contributed by atoms with Crippen molar-refractivity contribution in [1.29, 1.82) is 0 Å². The molecule has 0 unspecified atom stereocenters. The van der Waals surface area contributed by atoms with Crippen molar-refractivity contribution in [2.75, 3.05) is 13.3 Å². The lowest BCUT2D eigenvalue weighted by molar-refractivity contribution is 0.174. The van der Waals surface area contributed by atoms with E-state index in [0.29, 0.717) is 12.8 Å². The summed E-state index contributed by atoms with van der Waals surface area (Å²) >= 11 is 0. The molecule has 0 fully saturated rings. The van der Waals surface area contributed by atoms with Crippen LogP contribution in [0.3, 0.4) is 0 Å². The fraction of sp³-hybridized carbons (Fsp3) is 0.500. The van der Waals surface area contributed by atoms with Gasteiger partial charge in [-0.2, -0.15) is 0 Å². The van der Waals surface area contributed by atoms with Crippen LogP contribution in [0.5, 0.6) is 11.5 Å². The molecule has 1 aliphatic rings. The third-order valence-corrected chi connectivity index (χ3v) is 2.40. The number of rotatable bonds is 4. The molecule has 0 saturated heterocycles. The van der Waals surface area contributed by atoms with E-state index < -0.39 is 0 Å². The van der Waals surface area contributed by atoms with Crippen molar-refractivity contribution in [2.24, 2.45) is 0 Å². The standard InChI is InChI=1S/C12H17NO2/c1-9(2)13-6-5-10-3-4-11-12(7-10)15-8-14-11/h3-4,7,9,13H,5-6,8H2,1-2H3. The summed E-state index contributed by atoms with van der Waals surface area (Å²) < 4.78 is 10.6. The van der Waals surface area contributed by atoms with Crippen LogP contribution in [0.1, 0.15) is 19.4 Å². The zero-order chi connectivity index (χ0) is 10.7. The summed E-state index contributed by atoms with van der Waals surface area (Å²) in [5.41, 5.74) is 1.28. The zero-order valence-electron chi connectivity index (χ0n) is 9.25. The van der Waals surface area contributed by atoms with E-state index in [4.69, 9.17) is 9.47 Å². The van der Waals surface area contributed by atoms with Crippen LogP contribution in [0, 0.1) is 0 Å². The summed E-state index contributed by atoms with van der Waals surface area (Å²) in [6, 6.07) is 6.67. The van der Waals surface area contributed by atoms with Gasteiger partial charge in [-0.15, -0.1) is 0 Å². The molecular weight excluding hydrogens is 190 g/mol. The first kappa shape index (κ1) is 10.3. The Bertz CT molecular complexity index is 336. The maximum Gasteiger partial charge on any atom is 0.231 e. The van der Waals surface area contributed by atoms with Gasteiger partial charge in [0.1, 0.15) is 0 Å². The van der Waals surface area contributed by atoms with E-state index in [1.165, 1.54) is 5.56 Å². The molecule has 0 amide bonds. The van der Waals surface area contributed by atoms with Gasteiger partial charge in [0.05, 0.1) is 0 Å². The smallest absolute Gasteiger partial charge is 0.231 e. The average Bonchev–Trinajstić information content (AvgIpc) is 2.64. The van der Waals surface area contributed by atoms with Crippen molar-refractivity contribution in [3.05, 3.63) is 23.8 Å². The molecule has 82 valence electrons. The topological polar surface area (TPSA) is 30.5 Å². The molecule has 1 heterocycles. The highest BCUT2D eigenvalue weighted by Crippen LogP contribution is 2.32. The first-order chi connectivity index (χ1) is 7.25. The fourth-order valence-corrected chi connectivity index (χ4v) is 1.60. The highest BCUT2D eigenvalue weighted by molar-refractivity contribution is 5.44. The molecular formula is C12H17NO2. The van der Waals surface area contributed by atoms with Crippen LogP contribution in [-0.4, -0.2) is 19.4 Å². The van der Waals surface area contributed by atoms with Crippen LogP contribution in [0.25, 0.3) is 0 Å². The Kier molecular flexibility index (Phi) is 3.11. The lowest BCUT2D eigenvalue weighted by Crippen LogP contribution is -2.24. The molecule has 2 rings (SSSR count). The van der Waals surface area contributed by atoms with Crippen LogP contribution >= 0.6 is 0 Å². The zero-order valence-corrected chi connectivity index (χ0v) is 9.25. The number of ether oxygens (including phenoxy) is 2. The SMILES string of the molecule is CC(C)NCCc1ccc2c(c1)OCO2. The van der Waals surface area contributed by atoms with Gasteiger partial charge >= 0.3 is 0 Å². The van der Waals surface area contributed by atoms with Crippen LogP contribution < -0.4 is 14.8 Å². The maximum absolute atomic E-state index is 5.32. The van der Waals surface area contributed by atoms with Gasteiger partial charge in [-0.3, -0.25) is 0 Å². The summed E-state index contributed by atoms with van der Waals surface area (Å²) in [4.78, 5) is 0.